The minimum Gasteiger partial charge on any atom is -0.495 e. The molecule has 0 aliphatic carbocycles. The van der Waals surface area contributed by atoms with E-state index in [1.165, 1.54) is 31.5 Å². The van der Waals surface area contributed by atoms with Gasteiger partial charge in [0.25, 0.3) is 0 Å². The molecule has 0 N–H and O–H groups in total. The second-order valence-electron chi connectivity index (χ2n) is 5.73. The van der Waals surface area contributed by atoms with Gasteiger partial charge in [0.2, 0.25) is 0 Å². The summed E-state index contributed by atoms with van der Waals surface area (Å²) in [5.74, 6) is 0.671. The molecular formula is C17H25N3O. The molecule has 4 heteroatoms. The van der Waals surface area contributed by atoms with Crippen LogP contribution in [0.25, 0.3) is 0 Å². The zero-order valence-corrected chi connectivity index (χ0v) is 13.3. The van der Waals surface area contributed by atoms with Crippen LogP contribution in [0.4, 0.5) is 0 Å². The summed E-state index contributed by atoms with van der Waals surface area (Å²) in [6, 6.07) is 8.66. The van der Waals surface area contributed by atoms with E-state index in [1.54, 1.807) is 7.11 Å². The van der Waals surface area contributed by atoms with Crippen LogP contribution in [0, 0.1) is 11.3 Å². The van der Waals surface area contributed by atoms with E-state index in [2.05, 4.69) is 29.8 Å². The number of nitriles is 1. The number of benzene rings is 1. The minimum atomic E-state index is 0.597. The fourth-order valence-electron chi connectivity index (χ4n) is 3.02. The third-order valence-electron chi connectivity index (χ3n) is 4.45. The van der Waals surface area contributed by atoms with Crippen molar-refractivity contribution in [3.63, 3.8) is 0 Å². The number of hydrogen-bond donors (Lipinski definition) is 0. The third kappa shape index (κ3) is 3.96. The molecule has 1 fully saturated rings. The van der Waals surface area contributed by atoms with Crippen molar-refractivity contribution in [2.45, 2.75) is 32.4 Å². The molecule has 0 amide bonds. The molecule has 4 nitrogen and oxygen atoms in total. The molecule has 1 aliphatic rings. The summed E-state index contributed by atoms with van der Waals surface area (Å²) in [7, 11) is 3.81. The second kappa shape index (κ2) is 7.44. The first-order valence-corrected chi connectivity index (χ1v) is 7.67. The monoisotopic (exact) mass is 287 g/mol. The summed E-state index contributed by atoms with van der Waals surface area (Å²) in [5, 5.41) is 9.03. The van der Waals surface area contributed by atoms with Crippen molar-refractivity contribution in [3.8, 4) is 11.8 Å². The first-order valence-electron chi connectivity index (χ1n) is 7.67. The molecule has 0 unspecified atom stereocenters. The van der Waals surface area contributed by atoms with Gasteiger partial charge in [-0.05, 0) is 57.2 Å². The van der Waals surface area contributed by atoms with Gasteiger partial charge in [0.1, 0.15) is 11.8 Å². The number of piperidine rings is 1. The van der Waals surface area contributed by atoms with E-state index < -0.39 is 0 Å². The molecule has 0 radical (unpaired) electrons. The SMILES string of the molecule is CCN1CCC(N(C)Cc2ccc(C#N)c(OC)c2)CC1. The average Bonchev–Trinajstić information content (AvgIpc) is 2.54. The standard InChI is InChI=1S/C17H25N3O/c1-4-20-9-7-16(8-10-20)19(2)13-14-5-6-15(12-18)17(11-14)21-3/h5-6,11,16H,4,7-10,13H2,1-3H3. The predicted octanol–water partition coefficient (Wildman–Crippen LogP) is 2.48. The highest BCUT2D eigenvalue weighted by atomic mass is 16.5. The number of methoxy groups -OCH3 is 1. The summed E-state index contributed by atoms with van der Waals surface area (Å²) in [5.41, 5.74) is 1.80. The number of nitrogens with zero attached hydrogens (tertiary/aromatic N) is 3. The lowest BCUT2D eigenvalue weighted by Crippen LogP contribution is -2.42. The highest BCUT2D eigenvalue weighted by Crippen LogP contribution is 2.22. The van der Waals surface area contributed by atoms with Gasteiger partial charge in [-0.1, -0.05) is 13.0 Å². The summed E-state index contributed by atoms with van der Waals surface area (Å²) in [6.07, 6.45) is 2.47. The largest absolute Gasteiger partial charge is 0.495 e. The van der Waals surface area contributed by atoms with Crippen LogP contribution in [0.3, 0.4) is 0 Å². The Morgan fingerprint density at radius 1 is 1.38 bits per heavy atom. The molecule has 114 valence electrons. The molecule has 0 spiro atoms. The Balaban J connectivity index is 1.97. The lowest BCUT2D eigenvalue weighted by Gasteiger charge is -2.36. The third-order valence-corrected chi connectivity index (χ3v) is 4.45. The van der Waals surface area contributed by atoms with Gasteiger partial charge < -0.3 is 9.64 Å². The van der Waals surface area contributed by atoms with E-state index in [-0.39, 0.29) is 0 Å². The first kappa shape index (κ1) is 15.8. The minimum absolute atomic E-state index is 0.597. The lowest BCUT2D eigenvalue weighted by atomic mass is 10.0. The molecule has 1 aromatic rings. The fraction of sp³-hybridized carbons (Fsp3) is 0.588. The van der Waals surface area contributed by atoms with E-state index in [1.807, 2.05) is 18.2 Å². The molecule has 1 saturated heterocycles. The molecule has 0 bridgehead atoms. The number of rotatable bonds is 5. The highest BCUT2D eigenvalue weighted by molar-refractivity contribution is 5.45. The normalized spacial score (nSPS) is 16.9. The van der Waals surface area contributed by atoms with Crippen LogP contribution in [0.5, 0.6) is 5.75 Å². The van der Waals surface area contributed by atoms with Crippen LogP contribution in [0.15, 0.2) is 18.2 Å². The van der Waals surface area contributed by atoms with Gasteiger partial charge in [0.15, 0.2) is 0 Å². The first-order chi connectivity index (χ1) is 10.2. The van der Waals surface area contributed by atoms with E-state index in [9.17, 15) is 0 Å². The topological polar surface area (TPSA) is 39.5 Å². The van der Waals surface area contributed by atoms with Crippen molar-refractivity contribution in [1.29, 1.82) is 5.26 Å². The molecule has 21 heavy (non-hydrogen) atoms. The summed E-state index contributed by atoms with van der Waals surface area (Å²) in [6.45, 7) is 6.68. The lowest BCUT2D eigenvalue weighted by molar-refractivity contribution is 0.127. The van der Waals surface area contributed by atoms with Crippen LogP contribution in [-0.4, -0.2) is 49.6 Å². The maximum atomic E-state index is 9.03. The summed E-state index contributed by atoms with van der Waals surface area (Å²) < 4.78 is 5.28. The van der Waals surface area contributed by atoms with Gasteiger partial charge in [-0.3, -0.25) is 4.90 Å². The van der Waals surface area contributed by atoms with Crippen LogP contribution in [0.1, 0.15) is 30.9 Å². The molecule has 1 aromatic carbocycles. The average molecular weight is 287 g/mol. The summed E-state index contributed by atoms with van der Waals surface area (Å²) in [4.78, 5) is 4.93. The predicted molar refractivity (Wildman–Crippen MR) is 84.3 cm³/mol. The van der Waals surface area contributed by atoms with Gasteiger partial charge in [-0.2, -0.15) is 5.26 Å². The van der Waals surface area contributed by atoms with E-state index in [0.29, 0.717) is 17.4 Å². The van der Waals surface area contributed by atoms with E-state index >= 15 is 0 Å². The van der Waals surface area contributed by atoms with Crippen molar-refractivity contribution >= 4 is 0 Å². The zero-order chi connectivity index (χ0) is 15.2. The molecule has 0 atom stereocenters. The molecular weight excluding hydrogens is 262 g/mol. The van der Waals surface area contributed by atoms with Gasteiger partial charge in [-0.25, -0.2) is 0 Å². The van der Waals surface area contributed by atoms with E-state index in [0.717, 1.165) is 13.1 Å². The van der Waals surface area contributed by atoms with Crippen molar-refractivity contribution in [2.75, 3.05) is 33.8 Å². The zero-order valence-electron chi connectivity index (χ0n) is 13.3. The Bertz CT molecular complexity index is 501. The van der Waals surface area contributed by atoms with Crippen LogP contribution < -0.4 is 4.74 Å². The molecule has 0 saturated carbocycles. The van der Waals surface area contributed by atoms with E-state index in [4.69, 9.17) is 10.00 Å². The van der Waals surface area contributed by atoms with Crippen LogP contribution in [0.2, 0.25) is 0 Å². The molecule has 1 heterocycles. The molecule has 0 aromatic heterocycles. The molecule has 1 aliphatic heterocycles. The Labute approximate surface area is 127 Å². The van der Waals surface area contributed by atoms with Gasteiger partial charge >= 0.3 is 0 Å². The summed E-state index contributed by atoms with van der Waals surface area (Å²) >= 11 is 0. The Morgan fingerprint density at radius 2 is 2.10 bits per heavy atom. The van der Waals surface area contributed by atoms with Crippen LogP contribution >= 0.6 is 0 Å². The number of hydrogen-bond acceptors (Lipinski definition) is 4. The number of likely N-dealkylation sites (tertiary alicyclic amines) is 1. The van der Waals surface area contributed by atoms with Crippen molar-refractivity contribution in [3.05, 3.63) is 29.3 Å². The fourth-order valence-corrected chi connectivity index (χ4v) is 3.02. The van der Waals surface area contributed by atoms with Crippen molar-refractivity contribution in [2.24, 2.45) is 0 Å². The van der Waals surface area contributed by atoms with Crippen LogP contribution in [-0.2, 0) is 6.54 Å². The van der Waals surface area contributed by atoms with Gasteiger partial charge in [0.05, 0.1) is 12.7 Å². The molecule has 2 rings (SSSR count). The maximum Gasteiger partial charge on any atom is 0.136 e. The smallest absolute Gasteiger partial charge is 0.136 e. The Morgan fingerprint density at radius 3 is 2.67 bits per heavy atom. The Kier molecular flexibility index (Phi) is 5.60. The second-order valence-corrected chi connectivity index (χ2v) is 5.73. The van der Waals surface area contributed by atoms with Gasteiger partial charge in [0, 0.05) is 12.6 Å². The highest BCUT2D eigenvalue weighted by Gasteiger charge is 2.21. The van der Waals surface area contributed by atoms with Crippen molar-refractivity contribution in [1.82, 2.24) is 9.80 Å². The quantitative estimate of drug-likeness (QED) is 0.834. The Hall–Kier alpha value is -1.57. The number of ether oxygens (including phenoxy) is 1. The van der Waals surface area contributed by atoms with Gasteiger partial charge in [-0.15, -0.1) is 0 Å². The van der Waals surface area contributed by atoms with Crippen molar-refractivity contribution < 1.29 is 4.74 Å². The maximum absolute atomic E-state index is 9.03.